The summed E-state index contributed by atoms with van der Waals surface area (Å²) in [6.07, 6.45) is 8.08. The first-order valence-electron chi connectivity index (χ1n) is 9.56. The molecule has 1 N–H and O–H groups in total. The van der Waals surface area contributed by atoms with Gasteiger partial charge >= 0.3 is 11.8 Å². The van der Waals surface area contributed by atoms with E-state index in [-0.39, 0.29) is 28.9 Å². The van der Waals surface area contributed by atoms with Gasteiger partial charge in [-0.1, -0.05) is 63.0 Å². The number of fused-ring (bicyclic) bond motifs is 3. The summed E-state index contributed by atoms with van der Waals surface area (Å²) in [6.45, 7) is 13.8. The zero-order valence-corrected chi connectivity index (χ0v) is 17.3. The van der Waals surface area contributed by atoms with E-state index >= 15 is 0 Å². The van der Waals surface area contributed by atoms with Gasteiger partial charge in [0.25, 0.3) is 0 Å². The lowest BCUT2D eigenvalue weighted by Gasteiger charge is -2.41. The van der Waals surface area contributed by atoms with Gasteiger partial charge in [0.15, 0.2) is 5.92 Å². The third-order valence-electron chi connectivity index (χ3n) is 5.71. The van der Waals surface area contributed by atoms with E-state index in [0.717, 1.165) is 5.57 Å². The topological polar surface area (TPSA) is 57.4 Å². The Hall–Kier alpha value is -2.23. The number of aliphatic hydroxyl groups excluding tert-OH is 1. The highest BCUT2D eigenvalue weighted by Gasteiger charge is 2.57. The van der Waals surface area contributed by atoms with E-state index in [1.807, 2.05) is 25.2 Å². The second-order valence-electron chi connectivity index (χ2n) is 9.04. The Morgan fingerprint density at radius 1 is 1.22 bits per heavy atom. The van der Waals surface area contributed by atoms with Gasteiger partial charge in [-0.3, -0.25) is 0 Å². The zero-order chi connectivity index (χ0) is 20.3. The first-order chi connectivity index (χ1) is 12.4. The van der Waals surface area contributed by atoms with Gasteiger partial charge in [-0.2, -0.15) is 0 Å². The van der Waals surface area contributed by atoms with E-state index in [1.54, 1.807) is 0 Å². The van der Waals surface area contributed by atoms with Crippen LogP contribution in [-0.2, 0) is 9.59 Å². The fraction of sp³-hybridized carbons (Fsp3) is 0.478. The number of hydrogen-bond donors (Lipinski definition) is 1. The molecule has 143 valence electrons. The second kappa shape index (κ2) is 6.43. The van der Waals surface area contributed by atoms with Crippen LogP contribution in [0.2, 0.25) is 0 Å². The molecule has 0 saturated carbocycles. The molecular weight excluding hydrogens is 338 g/mol. The average Bonchev–Trinajstić information content (AvgIpc) is 2.55. The monoisotopic (exact) mass is 367 g/mol. The van der Waals surface area contributed by atoms with Crippen LogP contribution in [0.3, 0.4) is 0 Å². The molecule has 2 unspecified atom stereocenters. The molecule has 0 aromatic heterocycles. The summed E-state index contributed by atoms with van der Waals surface area (Å²) in [4.78, 5) is 25.6. The van der Waals surface area contributed by atoms with Crippen LogP contribution in [0.15, 0.2) is 46.8 Å². The van der Waals surface area contributed by atoms with Crippen LogP contribution in [-0.4, -0.2) is 27.2 Å². The third kappa shape index (κ3) is 3.05. The third-order valence-corrected chi connectivity index (χ3v) is 5.71. The first-order valence-corrected chi connectivity index (χ1v) is 9.56. The highest BCUT2D eigenvalue weighted by Crippen LogP contribution is 2.50. The molecule has 0 spiro atoms. The lowest BCUT2D eigenvalue weighted by Crippen LogP contribution is -2.51. The Bertz CT molecular complexity index is 872. The van der Waals surface area contributed by atoms with Crippen molar-refractivity contribution in [1.29, 1.82) is 0 Å². The molecule has 2 amide bonds. The number of carbonyl (C=O) groups excluding carboxylic acids is 2. The van der Waals surface area contributed by atoms with Crippen molar-refractivity contribution in [2.75, 3.05) is 0 Å². The summed E-state index contributed by atoms with van der Waals surface area (Å²) in [6, 6.07) is 0. The molecule has 2 aliphatic carbocycles. The van der Waals surface area contributed by atoms with Crippen molar-refractivity contribution in [3.05, 3.63) is 52.7 Å². The molecule has 3 aliphatic rings. The van der Waals surface area contributed by atoms with Gasteiger partial charge in [-0.25, -0.2) is 9.59 Å². The van der Waals surface area contributed by atoms with Crippen LogP contribution in [0.5, 0.6) is 0 Å². The average molecular weight is 367 g/mol. The van der Waals surface area contributed by atoms with Crippen molar-refractivity contribution in [2.45, 2.75) is 48.5 Å². The maximum absolute atomic E-state index is 13.3. The van der Waals surface area contributed by atoms with Crippen molar-refractivity contribution in [1.82, 2.24) is 0 Å². The number of amides is 2. The smallest absolute Gasteiger partial charge is 0.411 e. The highest BCUT2D eigenvalue weighted by molar-refractivity contribution is 6.10. The van der Waals surface area contributed by atoms with Gasteiger partial charge in [-0.15, -0.1) is 0 Å². The van der Waals surface area contributed by atoms with Crippen LogP contribution in [0.4, 0.5) is 0 Å². The van der Waals surface area contributed by atoms with E-state index in [9.17, 15) is 14.7 Å². The van der Waals surface area contributed by atoms with E-state index in [1.165, 1.54) is 17.1 Å². The number of imide groups is 1. The molecule has 0 bridgehead atoms. The summed E-state index contributed by atoms with van der Waals surface area (Å²) in [5.74, 6) is -0.442. The Morgan fingerprint density at radius 2 is 1.85 bits per heavy atom. The molecule has 4 nitrogen and oxygen atoms in total. The minimum absolute atomic E-state index is 0.0114. The molecule has 1 aliphatic heterocycles. The normalized spacial score (nSPS) is 26.1. The van der Waals surface area contributed by atoms with Gasteiger partial charge in [0.05, 0.1) is 12.8 Å². The number of hydrogen-bond acceptors (Lipinski definition) is 3. The molecule has 0 aromatic rings. The molecule has 0 aromatic carbocycles. The van der Waals surface area contributed by atoms with Crippen molar-refractivity contribution in [3.63, 3.8) is 0 Å². The maximum atomic E-state index is 13.3. The van der Waals surface area contributed by atoms with E-state index < -0.39 is 5.91 Å². The summed E-state index contributed by atoms with van der Waals surface area (Å²) in [5, 5.41) is 10.8. The molecule has 1 radical (unpaired) electrons. The SMILES string of the molecule is CC(=O)[N+]1=C2C=CC(C(C)C)=CC2C2[C](C1=O)C(O)=C(C)C=C2C(C)(C)C. The number of carbonyl (C=O) groups is 2. The number of allylic oxidation sites excluding steroid dienone is 7. The van der Waals surface area contributed by atoms with Gasteiger partial charge in [0, 0.05) is 12.0 Å². The predicted molar refractivity (Wildman–Crippen MR) is 106 cm³/mol. The van der Waals surface area contributed by atoms with E-state index in [4.69, 9.17) is 0 Å². The van der Waals surface area contributed by atoms with Gasteiger partial charge in [0.1, 0.15) is 5.76 Å². The molecule has 2 atom stereocenters. The number of rotatable bonds is 1. The van der Waals surface area contributed by atoms with Crippen LogP contribution in [0.1, 0.15) is 48.5 Å². The highest BCUT2D eigenvalue weighted by atomic mass is 16.3. The van der Waals surface area contributed by atoms with Crippen LogP contribution >= 0.6 is 0 Å². The van der Waals surface area contributed by atoms with Gasteiger partial charge in [0.2, 0.25) is 5.71 Å². The molecule has 27 heavy (non-hydrogen) atoms. The van der Waals surface area contributed by atoms with Crippen molar-refractivity contribution < 1.29 is 19.3 Å². The van der Waals surface area contributed by atoms with Crippen LogP contribution in [0.25, 0.3) is 0 Å². The molecule has 3 rings (SSSR count). The van der Waals surface area contributed by atoms with Crippen molar-refractivity contribution in [3.8, 4) is 0 Å². The Labute approximate surface area is 161 Å². The molecule has 1 heterocycles. The quantitative estimate of drug-likeness (QED) is 0.703. The molecule has 4 heteroatoms. The molecular formula is C23H29NO3+. The van der Waals surface area contributed by atoms with Crippen LogP contribution in [0, 0.1) is 29.1 Å². The number of aliphatic hydroxyl groups is 1. The van der Waals surface area contributed by atoms with E-state index in [2.05, 4.69) is 40.7 Å². The summed E-state index contributed by atoms with van der Waals surface area (Å²) < 4.78 is 1.23. The first kappa shape index (κ1) is 19.5. The standard InChI is InChI=1S/C23H28NO3/c1-12(2)15-8-9-18-16(11-15)19-17(23(5,6)7)10-13(3)21(26)20(19)22(27)24(18)14(4)25/h8-12,16,19H,1-7H3/p+1. The molecule has 0 saturated heterocycles. The summed E-state index contributed by atoms with van der Waals surface area (Å²) >= 11 is 0. The molecule has 0 fully saturated rings. The largest absolute Gasteiger partial charge is 0.511 e. The number of nitrogens with zero attached hydrogens (tertiary/aromatic N) is 1. The summed E-state index contributed by atoms with van der Waals surface area (Å²) in [7, 11) is 0. The van der Waals surface area contributed by atoms with Crippen molar-refractivity contribution in [2.24, 2.45) is 23.2 Å². The van der Waals surface area contributed by atoms with Gasteiger partial charge in [-0.05, 0) is 29.4 Å². The Morgan fingerprint density at radius 3 is 2.37 bits per heavy atom. The predicted octanol–water partition coefficient (Wildman–Crippen LogP) is 4.30. The Kier molecular flexibility index (Phi) is 4.65. The minimum Gasteiger partial charge on any atom is -0.511 e. The minimum atomic E-state index is -0.406. The van der Waals surface area contributed by atoms with Crippen LogP contribution < -0.4 is 0 Å². The van der Waals surface area contributed by atoms with Crippen molar-refractivity contribution >= 4 is 17.5 Å². The lowest BCUT2D eigenvalue weighted by molar-refractivity contribution is -0.385. The summed E-state index contributed by atoms with van der Waals surface area (Å²) in [5.41, 5.74) is 3.50. The Balaban J connectivity index is 2.31. The lowest BCUT2D eigenvalue weighted by atomic mass is 9.61. The fourth-order valence-corrected chi connectivity index (χ4v) is 4.28. The van der Waals surface area contributed by atoms with Gasteiger partial charge < -0.3 is 5.11 Å². The second-order valence-corrected chi connectivity index (χ2v) is 9.04. The van der Waals surface area contributed by atoms with E-state index in [0.29, 0.717) is 23.1 Å². The fourth-order valence-electron chi connectivity index (χ4n) is 4.28. The zero-order valence-electron chi connectivity index (χ0n) is 17.3. The maximum Gasteiger partial charge on any atom is 0.411 e.